The van der Waals surface area contributed by atoms with E-state index < -0.39 is 0 Å². The fraction of sp³-hybridized carbons (Fsp3) is 1.00. The first-order valence-corrected chi connectivity index (χ1v) is 6.96. The smallest absolute Gasteiger partial charge is 0.0772 e. The second-order valence-corrected chi connectivity index (χ2v) is 6.05. The van der Waals surface area contributed by atoms with Crippen LogP contribution in [0.25, 0.3) is 0 Å². The van der Waals surface area contributed by atoms with E-state index in [1.807, 2.05) is 0 Å². The molecule has 0 radical (unpaired) electrons. The Labute approximate surface area is 107 Å². The Balaban J connectivity index is 2.20. The maximum absolute atomic E-state index is 5.49. The molecule has 17 heavy (non-hydrogen) atoms. The van der Waals surface area contributed by atoms with Crippen molar-refractivity contribution >= 4 is 0 Å². The van der Waals surface area contributed by atoms with Gasteiger partial charge in [0, 0.05) is 19.7 Å². The highest BCUT2D eigenvalue weighted by Gasteiger charge is 2.25. The van der Waals surface area contributed by atoms with Crippen molar-refractivity contribution in [1.29, 1.82) is 0 Å². The molecule has 1 rings (SSSR count). The predicted octanol–water partition coefficient (Wildman–Crippen LogP) is 2.12. The van der Waals surface area contributed by atoms with Crippen LogP contribution in [0, 0.1) is 5.92 Å². The highest BCUT2D eigenvalue weighted by molar-refractivity contribution is 4.82. The van der Waals surface area contributed by atoms with Crippen molar-refractivity contribution in [2.75, 3.05) is 33.3 Å². The van der Waals surface area contributed by atoms with Crippen LogP contribution in [-0.2, 0) is 4.74 Å². The van der Waals surface area contributed by atoms with Crippen molar-refractivity contribution in [3.05, 3.63) is 0 Å². The minimum absolute atomic E-state index is 0.0899. The summed E-state index contributed by atoms with van der Waals surface area (Å²) in [4.78, 5) is 2.58. The molecule has 0 aromatic heterocycles. The van der Waals surface area contributed by atoms with Gasteiger partial charge in [0.15, 0.2) is 0 Å². The zero-order valence-electron chi connectivity index (χ0n) is 12.3. The van der Waals surface area contributed by atoms with E-state index in [-0.39, 0.29) is 5.60 Å². The Bertz CT molecular complexity index is 212. The maximum Gasteiger partial charge on any atom is 0.0772 e. The molecule has 1 fully saturated rings. The van der Waals surface area contributed by atoms with Gasteiger partial charge in [-0.3, -0.25) is 0 Å². The Morgan fingerprint density at radius 3 is 2.35 bits per heavy atom. The van der Waals surface area contributed by atoms with Crippen molar-refractivity contribution in [1.82, 2.24) is 10.2 Å². The molecule has 102 valence electrons. The summed E-state index contributed by atoms with van der Waals surface area (Å²) >= 11 is 0. The molecule has 1 heterocycles. The summed E-state index contributed by atoms with van der Waals surface area (Å²) in [6.07, 6.45) is 2.76. The largest absolute Gasteiger partial charge is 0.377 e. The van der Waals surface area contributed by atoms with Crippen LogP contribution in [0.3, 0.4) is 0 Å². The zero-order chi connectivity index (χ0) is 12.9. The van der Waals surface area contributed by atoms with Crippen LogP contribution in [0.4, 0.5) is 0 Å². The van der Waals surface area contributed by atoms with E-state index in [1.54, 1.807) is 7.11 Å². The van der Waals surface area contributed by atoms with Crippen molar-refractivity contribution in [2.24, 2.45) is 5.92 Å². The Morgan fingerprint density at radius 2 is 1.82 bits per heavy atom. The molecule has 0 saturated carbocycles. The summed E-state index contributed by atoms with van der Waals surface area (Å²) in [5.41, 5.74) is -0.0899. The summed E-state index contributed by atoms with van der Waals surface area (Å²) in [6, 6.07) is 0.383. The van der Waals surface area contributed by atoms with Gasteiger partial charge in [-0.25, -0.2) is 0 Å². The van der Waals surface area contributed by atoms with Gasteiger partial charge in [0.2, 0.25) is 0 Å². The predicted molar refractivity (Wildman–Crippen MR) is 73.4 cm³/mol. The van der Waals surface area contributed by atoms with Crippen LogP contribution in [0.5, 0.6) is 0 Å². The monoisotopic (exact) mass is 242 g/mol. The van der Waals surface area contributed by atoms with Crippen LogP contribution in [0.1, 0.15) is 40.5 Å². The molecular weight excluding hydrogens is 212 g/mol. The topological polar surface area (TPSA) is 24.5 Å². The molecule has 0 spiro atoms. The first-order valence-electron chi connectivity index (χ1n) is 6.96. The van der Waals surface area contributed by atoms with E-state index in [0.717, 1.165) is 6.54 Å². The molecule has 1 saturated heterocycles. The van der Waals surface area contributed by atoms with E-state index in [2.05, 4.69) is 37.9 Å². The van der Waals surface area contributed by atoms with Crippen LogP contribution in [0.2, 0.25) is 0 Å². The third-order valence-corrected chi connectivity index (χ3v) is 4.11. The second kappa shape index (κ2) is 6.72. The number of likely N-dealkylation sites (tertiary alicyclic amines) is 1. The number of nitrogens with one attached hydrogen (secondary N) is 1. The van der Waals surface area contributed by atoms with Gasteiger partial charge in [-0.1, -0.05) is 6.92 Å². The van der Waals surface area contributed by atoms with Crippen molar-refractivity contribution < 1.29 is 4.74 Å². The zero-order valence-corrected chi connectivity index (χ0v) is 12.3. The molecule has 1 N–H and O–H groups in total. The number of methoxy groups -OCH3 is 1. The van der Waals surface area contributed by atoms with Gasteiger partial charge in [0.05, 0.1) is 5.60 Å². The van der Waals surface area contributed by atoms with E-state index in [9.17, 15) is 0 Å². The molecule has 2 unspecified atom stereocenters. The summed E-state index contributed by atoms with van der Waals surface area (Å²) in [7, 11) is 1.78. The molecule has 3 nitrogen and oxygen atoms in total. The lowest BCUT2D eigenvalue weighted by Gasteiger charge is -2.32. The van der Waals surface area contributed by atoms with Gasteiger partial charge in [-0.15, -0.1) is 0 Å². The number of nitrogens with zero attached hydrogens (tertiary/aromatic N) is 1. The van der Waals surface area contributed by atoms with Gasteiger partial charge in [-0.2, -0.15) is 0 Å². The summed E-state index contributed by atoms with van der Waals surface area (Å²) < 4.78 is 5.49. The molecule has 0 amide bonds. The van der Waals surface area contributed by atoms with E-state index in [0.29, 0.717) is 12.0 Å². The van der Waals surface area contributed by atoms with Gasteiger partial charge in [-0.05, 0) is 59.2 Å². The summed E-state index contributed by atoms with van der Waals surface area (Å²) in [6.45, 7) is 13.7. The molecule has 1 aliphatic rings. The van der Waals surface area contributed by atoms with Crippen LogP contribution >= 0.6 is 0 Å². The van der Waals surface area contributed by atoms with Gasteiger partial charge in [0.25, 0.3) is 0 Å². The Kier molecular flexibility index (Phi) is 5.90. The molecule has 0 aromatic carbocycles. The second-order valence-electron chi connectivity index (χ2n) is 6.05. The van der Waals surface area contributed by atoms with Crippen LogP contribution in [0.15, 0.2) is 0 Å². The summed E-state index contributed by atoms with van der Waals surface area (Å²) in [5, 5.41) is 3.60. The van der Waals surface area contributed by atoms with E-state index in [4.69, 9.17) is 4.74 Å². The fourth-order valence-corrected chi connectivity index (χ4v) is 2.27. The number of hydrogen-bond acceptors (Lipinski definition) is 3. The summed E-state index contributed by atoms with van der Waals surface area (Å²) in [5.74, 6) is 0.711. The highest BCUT2D eigenvalue weighted by Crippen LogP contribution is 2.14. The van der Waals surface area contributed by atoms with E-state index >= 15 is 0 Å². The maximum atomic E-state index is 5.49. The van der Waals surface area contributed by atoms with E-state index in [1.165, 1.54) is 32.5 Å². The average Bonchev–Trinajstić information content (AvgIpc) is 2.78. The third kappa shape index (κ3) is 4.94. The van der Waals surface area contributed by atoms with Gasteiger partial charge in [0.1, 0.15) is 0 Å². The highest BCUT2D eigenvalue weighted by atomic mass is 16.5. The number of hydrogen-bond donors (Lipinski definition) is 1. The third-order valence-electron chi connectivity index (χ3n) is 4.11. The number of ether oxygens (including phenoxy) is 1. The lowest BCUT2D eigenvalue weighted by Crippen LogP contribution is -2.48. The normalized spacial score (nSPS) is 21.7. The lowest BCUT2D eigenvalue weighted by molar-refractivity contribution is -0.00596. The molecule has 0 aliphatic carbocycles. The lowest BCUT2D eigenvalue weighted by atomic mass is 9.99. The van der Waals surface area contributed by atoms with Crippen molar-refractivity contribution in [3.63, 3.8) is 0 Å². The first kappa shape index (κ1) is 14.9. The fourth-order valence-electron chi connectivity index (χ4n) is 2.27. The van der Waals surface area contributed by atoms with Crippen LogP contribution in [-0.4, -0.2) is 49.8 Å². The van der Waals surface area contributed by atoms with Crippen molar-refractivity contribution in [2.45, 2.75) is 52.2 Å². The van der Waals surface area contributed by atoms with Crippen molar-refractivity contribution in [3.8, 4) is 0 Å². The molecular formula is C14H30N2O. The minimum atomic E-state index is -0.0899. The molecule has 3 heteroatoms. The average molecular weight is 242 g/mol. The minimum Gasteiger partial charge on any atom is -0.377 e. The SMILES string of the molecule is COC(C)(C)C(C)NCC(C)CN1CCCC1. The van der Waals surface area contributed by atoms with Gasteiger partial charge < -0.3 is 15.0 Å². The molecule has 0 bridgehead atoms. The Hall–Kier alpha value is -0.120. The van der Waals surface area contributed by atoms with Gasteiger partial charge >= 0.3 is 0 Å². The number of rotatable bonds is 7. The quantitative estimate of drug-likeness (QED) is 0.740. The molecule has 1 aliphatic heterocycles. The van der Waals surface area contributed by atoms with Crippen LogP contribution < -0.4 is 5.32 Å². The first-order chi connectivity index (χ1) is 7.95. The Morgan fingerprint density at radius 1 is 1.24 bits per heavy atom. The molecule has 0 aromatic rings. The standard InChI is InChI=1S/C14H30N2O/c1-12(11-16-8-6-7-9-16)10-15-13(2)14(3,4)17-5/h12-13,15H,6-11H2,1-5H3. The molecule has 2 atom stereocenters.